The summed E-state index contributed by atoms with van der Waals surface area (Å²) in [5.74, 6) is -1.35. The van der Waals surface area contributed by atoms with Crippen LogP contribution in [0.4, 0.5) is 15.8 Å². The van der Waals surface area contributed by atoms with Gasteiger partial charge in [-0.05, 0) is 55.0 Å². The van der Waals surface area contributed by atoms with E-state index in [0.29, 0.717) is 24.2 Å². The SMILES string of the molecule is NC1CCc2ncc(NC(=O)c3cc4c(cc3F)NC(=O)CC4)cc2C1. The van der Waals surface area contributed by atoms with Crippen molar-refractivity contribution in [3.05, 3.63) is 52.6 Å². The zero-order valence-corrected chi connectivity index (χ0v) is 14.1. The van der Waals surface area contributed by atoms with Crippen LogP contribution in [0, 0.1) is 5.82 Å². The van der Waals surface area contributed by atoms with Gasteiger partial charge in [0.1, 0.15) is 5.82 Å². The highest BCUT2D eigenvalue weighted by molar-refractivity contribution is 6.05. The van der Waals surface area contributed by atoms with Crippen LogP contribution in [-0.4, -0.2) is 22.8 Å². The van der Waals surface area contributed by atoms with Gasteiger partial charge in [-0.1, -0.05) is 0 Å². The molecule has 1 aliphatic carbocycles. The second-order valence-electron chi connectivity index (χ2n) is 6.82. The van der Waals surface area contributed by atoms with E-state index in [0.717, 1.165) is 36.1 Å². The van der Waals surface area contributed by atoms with Crippen molar-refractivity contribution in [1.29, 1.82) is 0 Å². The maximum absolute atomic E-state index is 14.3. The van der Waals surface area contributed by atoms with Crippen molar-refractivity contribution in [3.8, 4) is 0 Å². The smallest absolute Gasteiger partial charge is 0.258 e. The van der Waals surface area contributed by atoms with Crippen molar-refractivity contribution in [2.24, 2.45) is 5.73 Å². The van der Waals surface area contributed by atoms with E-state index in [-0.39, 0.29) is 17.5 Å². The van der Waals surface area contributed by atoms with Crippen LogP contribution in [0.1, 0.15) is 40.0 Å². The van der Waals surface area contributed by atoms with E-state index in [2.05, 4.69) is 15.6 Å². The molecule has 0 fully saturated rings. The maximum Gasteiger partial charge on any atom is 0.258 e. The van der Waals surface area contributed by atoms with E-state index in [1.807, 2.05) is 6.07 Å². The molecule has 1 aromatic carbocycles. The highest BCUT2D eigenvalue weighted by atomic mass is 19.1. The van der Waals surface area contributed by atoms with Crippen LogP contribution in [-0.2, 0) is 24.1 Å². The number of nitrogens with two attached hydrogens (primary N) is 1. The molecule has 1 atom stereocenters. The fourth-order valence-electron chi connectivity index (χ4n) is 3.49. The topological polar surface area (TPSA) is 97.1 Å². The molecule has 2 heterocycles. The Hall–Kier alpha value is -2.80. The first-order valence-electron chi connectivity index (χ1n) is 8.66. The molecule has 0 radical (unpaired) electrons. The highest BCUT2D eigenvalue weighted by Crippen LogP contribution is 2.27. The Morgan fingerprint density at radius 1 is 1.23 bits per heavy atom. The van der Waals surface area contributed by atoms with E-state index in [1.165, 1.54) is 12.1 Å². The minimum absolute atomic E-state index is 0.0469. The molecule has 26 heavy (non-hydrogen) atoms. The first kappa shape index (κ1) is 16.7. The van der Waals surface area contributed by atoms with Crippen molar-refractivity contribution in [2.45, 2.75) is 38.1 Å². The van der Waals surface area contributed by atoms with Crippen LogP contribution in [0.3, 0.4) is 0 Å². The molecule has 2 aromatic rings. The summed E-state index contributed by atoms with van der Waals surface area (Å²) in [6.45, 7) is 0. The first-order chi connectivity index (χ1) is 12.5. The third-order valence-electron chi connectivity index (χ3n) is 4.88. The lowest BCUT2D eigenvalue weighted by atomic mass is 9.92. The molecule has 6 nitrogen and oxygen atoms in total. The standard InChI is InChI=1S/C19H19FN4O2/c20-15-8-17-10(1-4-18(25)24-17)7-14(15)19(26)23-13-6-11-5-12(21)2-3-16(11)22-9-13/h6-9,12H,1-5,21H2,(H,23,26)(H,24,25). The molecule has 1 aromatic heterocycles. The molecule has 134 valence electrons. The maximum atomic E-state index is 14.3. The molecule has 4 rings (SSSR count). The summed E-state index contributed by atoms with van der Waals surface area (Å²) in [5, 5.41) is 5.33. The second-order valence-corrected chi connectivity index (χ2v) is 6.82. The quantitative estimate of drug-likeness (QED) is 0.770. The van der Waals surface area contributed by atoms with Gasteiger partial charge in [-0.25, -0.2) is 4.39 Å². The number of halogens is 1. The molecule has 0 saturated heterocycles. The number of pyridine rings is 1. The zero-order valence-electron chi connectivity index (χ0n) is 14.1. The predicted molar refractivity (Wildman–Crippen MR) is 95.5 cm³/mol. The molecular weight excluding hydrogens is 335 g/mol. The van der Waals surface area contributed by atoms with Crippen LogP contribution < -0.4 is 16.4 Å². The highest BCUT2D eigenvalue weighted by Gasteiger charge is 2.22. The predicted octanol–water partition coefficient (Wildman–Crippen LogP) is 2.17. The van der Waals surface area contributed by atoms with Gasteiger partial charge in [0.2, 0.25) is 5.91 Å². The summed E-state index contributed by atoms with van der Waals surface area (Å²) in [5.41, 5.74) is 9.68. The van der Waals surface area contributed by atoms with E-state index >= 15 is 0 Å². The zero-order chi connectivity index (χ0) is 18.3. The molecule has 2 aliphatic rings. The number of nitrogens with one attached hydrogen (secondary N) is 2. The van der Waals surface area contributed by atoms with Crippen molar-refractivity contribution in [2.75, 3.05) is 10.6 Å². The summed E-state index contributed by atoms with van der Waals surface area (Å²) >= 11 is 0. The molecule has 0 spiro atoms. The van der Waals surface area contributed by atoms with Crippen LogP contribution in [0.2, 0.25) is 0 Å². The molecular formula is C19H19FN4O2. The average molecular weight is 354 g/mol. The molecule has 4 N–H and O–H groups in total. The number of amides is 2. The van der Waals surface area contributed by atoms with Crippen LogP contribution in [0.15, 0.2) is 24.4 Å². The fraction of sp³-hybridized carbons (Fsp3) is 0.316. The number of anilines is 2. The number of nitrogens with zero attached hydrogens (tertiary/aromatic N) is 1. The Bertz CT molecular complexity index is 913. The van der Waals surface area contributed by atoms with Crippen molar-refractivity contribution >= 4 is 23.2 Å². The third-order valence-corrected chi connectivity index (χ3v) is 4.88. The Balaban J connectivity index is 1.57. The van der Waals surface area contributed by atoms with Crippen molar-refractivity contribution in [1.82, 2.24) is 4.98 Å². The number of aromatic nitrogens is 1. The van der Waals surface area contributed by atoms with Gasteiger partial charge in [0.05, 0.1) is 17.4 Å². The van der Waals surface area contributed by atoms with E-state index in [1.54, 1.807) is 6.20 Å². The van der Waals surface area contributed by atoms with Gasteiger partial charge in [0.15, 0.2) is 0 Å². The Kier molecular flexibility index (Phi) is 4.16. The largest absolute Gasteiger partial charge is 0.327 e. The van der Waals surface area contributed by atoms with Crippen molar-refractivity contribution in [3.63, 3.8) is 0 Å². The van der Waals surface area contributed by atoms with Gasteiger partial charge in [0.25, 0.3) is 5.91 Å². The summed E-state index contributed by atoms with van der Waals surface area (Å²) in [6.07, 6.45) is 4.86. The van der Waals surface area contributed by atoms with E-state index in [9.17, 15) is 14.0 Å². The number of rotatable bonds is 2. The van der Waals surface area contributed by atoms with Gasteiger partial charge in [-0.3, -0.25) is 14.6 Å². The second kappa shape index (κ2) is 6.49. The van der Waals surface area contributed by atoms with Gasteiger partial charge in [0, 0.05) is 23.8 Å². The average Bonchev–Trinajstić information content (AvgIpc) is 2.60. The van der Waals surface area contributed by atoms with Gasteiger partial charge >= 0.3 is 0 Å². The monoisotopic (exact) mass is 354 g/mol. The van der Waals surface area contributed by atoms with E-state index in [4.69, 9.17) is 5.73 Å². The summed E-state index contributed by atoms with van der Waals surface area (Å²) < 4.78 is 14.3. The summed E-state index contributed by atoms with van der Waals surface area (Å²) in [6, 6.07) is 4.66. The lowest BCUT2D eigenvalue weighted by Gasteiger charge is -2.21. The molecule has 2 amide bonds. The Morgan fingerprint density at radius 3 is 2.92 bits per heavy atom. The number of carbonyl (C=O) groups excluding carboxylic acids is 2. The van der Waals surface area contributed by atoms with Crippen molar-refractivity contribution < 1.29 is 14.0 Å². The minimum Gasteiger partial charge on any atom is -0.327 e. The fourth-order valence-corrected chi connectivity index (χ4v) is 3.49. The normalized spacial score (nSPS) is 18.5. The third kappa shape index (κ3) is 3.17. The lowest BCUT2D eigenvalue weighted by Crippen LogP contribution is -2.28. The van der Waals surface area contributed by atoms with Crippen LogP contribution >= 0.6 is 0 Å². The Morgan fingerprint density at radius 2 is 2.08 bits per heavy atom. The number of benzene rings is 1. The minimum atomic E-state index is -0.670. The molecule has 0 bridgehead atoms. The first-order valence-corrected chi connectivity index (χ1v) is 8.66. The van der Waals surface area contributed by atoms with Crippen LogP contribution in [0.5, 0.6) is 0 Å². The number of hydrogen-bond donors (Lipinski definition) is 3. The molecule has 1 aliphatic heterocycles. The van der Waals surface area contributed by atoms with Gasteiger partial charge in [-0.2, -0.15) is 0 Å². The summed E-state index contributed by atoms with van der Waals surface area (Å²) in [7, 11) is 0. The van der Waals surface area contributed by atoms with Gasteiger partial charge < -0.3 is 16.4 Å². The molecule has 1 unspecified atom stereocenters. The van der Waals surface area contributed by atoms with Crippen LogP contribution in [0.25, 0.3) is 0 Å². The molecule has 0 saturated carbocycles. The Labute approximate surface area is 150 Å². The van der Waals surface area contributed by atoms with Gasteiger partial charge in [-0.15, -0.1) is 0 Å². The lowest BCUT2D eigenvalue weighted by molar-refractivity contribution is -0.116. The number of fused-ring (bicyclic) bond motifs is 2. The number of carbonyl (C=O) groups is 2. The summed E-state index contributed by atoms with van der Waals surface area (Å²) in [4.78, 5) is 28.3. The number of hydrogen-bond acceptors (Lipinski definition) is 4. The van der Waals surface area contributed by atoms with E-state index < -0.39 is 11.7 Å². The molecule has 7 heteroatoms. The number of aryl methyl sites for hydroxylation is 2.